The van der Waals surface area contributed by atoms with Crippen LogP contribution >= 0.6 is 11.6 Å². The van der Waals surface area contributed by atoms with Crippen LogP contribution in [0.5, 0.6) is 5.88 Å². The van der Waals surface area contributed by atoms with Gasteiger partial charge in [0.25, 0.3) is 0 Å². The normalized spacial score (nSPS) is 11.8. The number of aryl methyl sites for hydroxylation is 2. The van der Waals surface area contributed by atoms with E-state index in [0.717, 1.165) is 17.4 Å². The standard InChI is InChI=1S/C25H29ClN2O4S/c1-15(2)13-28-25(32-14-19-9-7-16(3)8-10-19)21(12-27-28)23(29)20-11-17(4)24(33(6,30)31)18(5)22(20)26/h7-12,15H,13-14H2,1-6H3. The third kappa shape index (κ3) is 5.47. The Morgan fingerprint density at radius 3 is 2.33 bits per heavy atom. The van der Waals surface area contributed by atoms with E-state index in [9.17, 15) is 13.2 Å². The molecule has 176 valence electrons. The molecule has 0 atom stereocenters. The highest BCUT2D eigenvalue weighted by molar-refractivity contribution is 7.90. The zero-order valence-electron chi connectivity index (χ0n) is 19.8. The number of halogens is 1. The maximum atomic E-state index is 13.5. The summed E-state index contributed by atoms with van der Waals surface area (Å²) in [6.07, 6.45) is 2.62. The van der Waals surface area contributed by atoms with Gasteiger partial charge in [0.15, 0.2) is 9.84 Å². The molecule has 0 saturated heterocycles. The Morgan fingerprint density at radius 1 is 1.12 bits per heavy atom. The molecule has 3 rings (SSSR count). The molecule has 3 aromatic rings. The number of nitrogens with zero attached hydrogens (tertiary/aromatic N) is 2. The van der Waals surface area contributed by atoms with E-state index in [1.165, 1.54) is 12.3 Å². The molecule has 6 nitrogen and oxygen atoms in total. The van der Waals surface area contributed by atoms with Gasteiger partial charge >= 0.3 is 0 Å². The van der Waals surface area contributed by atoms with Crippen molar-refractivity contribution in [3.63, 3.8) is 0 Å². The second-order valence-electron chi connectivity index (χ2n) is 8.82. The van der Waals surface area contributed by atoms with Crippen molar-refractivity contribution in [1.29, 1.82) is 0 Å². The number of benzene rings is 2. The van der Waals surface area contributed by atoms with Gasteiger partial charge in [0.1, 0.15) is 12.2 Å². The highest BCUT2D eigenvalue weighted by atomic mass is 35.5. The first-order valence-corrected chi connectivity index (χ1v) is 13.0. The van der Waals surface area contributed by atoms with E-state index in [1.807, 2.05) is 31.2 Å². The van der Waals surface area contributed by atoms with Crippen LogP contribution in [0.15, 0.2) is 41.4 Å². The predicted molar refractivity (Wildman–Crippen MR) is 130 cm³/mol. The van der Waals surface area contributed by atoms with Crippen molar-refractivity contribution >= 4 is 27.2 Å². The highest BCUT2D eigenvalue weighted by Gasteiger charge is 2.27. The first-order chi connectivity index (χ1) is 15.4. The summed E-state index contributed by atoms with van der Waals surface area (Å²) in [7, 11) is -3.49. The fourth-order valence-electron chi connectivity index (χ4n) is 3.82. The van der Waals surface area contributed by atoms with E-state index in [1.54, 1.807) is 18.5 Å². The smallest absolute Gasteiger partial charge is 0.223 e. The molecule has 0 amide bonds. The molecule has 1 aromatic heterocycles. The van der Waals surface area contributed by atoms with Crippen LogP contribution < -0.4 is 4.74 Å². The van der Waals surface area contributed by atoms with Gasteiger partial charge in [-0.3, -0.25) is 4.79 Å². The summed E-state index contributed by atoms with van der Waals surface area (Å²) < 4.78 is 32.2. The molecule has 0 bridgehead atoms. The number of aromatic nitrogens is 2. The molecule has 0 radical (unpaired) electrons. The molecular formula is C25H29ClN2O4S. The van der Waals surface area contributed by atoms with E-state index in [4.69, 9.17) is 16.3 Å². The van der Waals surface area contributed by atoms with Crippen LogP contribution in [0, 0.1) is 26.7 Å². The van der Waals surface area contributed by atoms with Crippen LogP contribution in [-0.2, 0) is 23.0 Å². The SMILES string of the molecule is Cc1ccc(COc2c(C(=O)c3cc(C)c(S(C)(=O)=O)c(C)c3Cl)cnn2CC(C)C)cc1. The van der Waals surface area contributed by atoms with Crippen LogP contribution in [0.1, 0.15) is 52.0 Å². The summed E-state index contributed by atoms with van der Waals surface area (Å²) in [5, 5.41) is 4.51. The quantitative estimate of drug-likeness (QED) is 0.400. The van der Waals surface area contributed by atoms with Crippen LogP contribution in [-0.4, -0.2) is 30.2 Å². The van der Waals surface area contributed by atoms with Crippen molar-refractivity contribution in [3.05, 3.63) is 74.9 Å². The highest BCUT2D eigenvalue weighted by Crippen LogP contribution is 2.33. The third-order valence-corrected chi connectivity index (χ3v) is 7.17. The van der Waals surface area contributed by atoms with Gasteiger partial charge in [0, 0.05) is 18.4 Å². The molecule has 0 fully saturated rings. The fraction of sp³-hybridized carbons (Fsp3) is 0.360. The molecule has 8 heteroatoms. The average Bonchev–Trinajstić information content (AvgIpc) is 3.10. The number of ketones is 1. The van der Waals surface area contributed by atoms with Gasteiger partial charge in [-0.05, 0) is 49.4 Å². The molecule has 0 saturated carbocycles. The molecule has 0 aliphatic rings. The van der Waals surface area contributed by atoms with Gasteiger partial charge < -0.3 is 4.74 Å². The van der Waals surface area contributed by atoms with Crippen molar-refractivity contribution in [2.24, 2.45) is 5.92 Å². The van der Waals surface area contributed by atoms with Gasteiger partial charge in [0.05, 0.1) is 16.1 Å². The molecular weight excluding hydrogens is 460 g/mol. The Kier molecular flexibility index (Phi) is 7.34. The van der Waals surface area contributed by atoms with Crippen molar-refractivity contribution < 1.29 is 17.9 Å². The summed E-state index contributed by atoms with van der Waals surface area (Å²) in [5.41, 5.74) is 3.47. The number of hydrogen-bond acceptors (Lipinski definition) is 5. The lowest BCUT2D eigenvalue weighted by Crippen LogP contribution is -2.13. The summed E-state index contributed by atoms with van der Waals surface area (Å²) in [6.45, 7) is 10.3. The maximum absolute atomic E-state index is 13.5. The topological polar surface area (TPSA) is 78.3 Å². The second kappa shape index (κ2) is 9.69. The Morgan fingerprint density at radius 2 is 1.76 bits per heavy atom. The van der Waals surface area contributed by atoms with E-state index in [2.05, 4.69) is 18.9 Å². The summed E-state index contributed by atoms with van der Waals surface area (Å²) >= 11 is 6.50. The number of carbonyl (C=O) groups is 1. The minimum Gasteiger partial charge on any atom is -0.472 e. The van der Waals surface area contributed by atoms with Crippen LogP contribution in [0.3, 0.4) is 0 Å². The van der Waals surface area contributed by atoms with Crippen LogP contribution in [0.4, 0.5) is 0 Å². The number of rotatable bonds is 8. The lowest BCUT2D eigenvalue weighted by Gasteiger charge is -2.15. The van der Waals surface area contributed by atoms with Crippen molar-refractivity contribution in [2.75, 3.05) is 6.26 Å². The molecule has 0 aliphatic heterocycles. The zero-order chi connectivity index (χ0) is 24.5. The minimum absolute atomic E-state index is 0.118. The monoisotopic (exact) mass is 488 g/mol. The number of sulfone groups is 1. The van der Waals surface area contributed by atoms with Gasteiger partial charge in [-0.25, -0.2) is 13.1 Å². The van der Waals surface area contributed by atoms with Gasteiger partial charge in [-0.1, -0.05) is 55.3 Å². The Hall–Kier alpha value is -2.64. The van der Waals surface area contributed by atoms with E-state index < -0.39 is 9.84 Å². The molecule has 33 heavy (non-hydrogen) atoms. The molecule has 0 N–H and O–H groups in total. The van der Waals surface area contributed by atoms with Crippen LogP contribution in [0.2, 0.25) is 5.02 Å². The summed E-state index contributed by atoms with van der Waals surface area (Å²) in [6, 6.07) is 9.49. The van der Waals surface area contributed by atoms with Crippen molar-refractivity contribution in [3.8, 4) is 5.88 Å². The Labute approximate surface area is 200 Å². The molecule has 2 aromatic carbocycles. The summed E-state index contributed by atoms with van der Waals surface area (Å²) in [5.74, 6) is 0.296. The summed E-state index contributed by atoms with van der Waals surface area (Å²) in [4.78, 5) is 13.7. The number of ether oxygens (including phenoxy) is 1. The first-order valence-electron chi connectivity index (χ1n) is 10.7. The minimum atomic E-state index is -3.49. The number of carbonyl (C=O) groups excluding carboxylic acids is 1. The second-order valence-corrected chi connectivity index (χ2v) is 11.2. The first kappa shape index (κ1) is 25.0. The van der Waals surface area contributed by atoms with Gasteiger partial charge in [-0.15, -0.1) is 0 Å². The Bertz CT molecular complexity index is 1290. The van der Waals surface area contributed by atoms with Crippen LogP contribution in [0.25, 0.3) is 0 Å². The lowest BCUT2D eigenvalue weighted by atomic mass is 10.0. The lowest BCUT2D eigenvalue weighted by molar-refractivity contribution is 0.103. The van der Waals surface area contributed by atoms with Gasteiger partial charge in [-0.2, -0.15) is 5.10 Å². The van der Waals surface area contributed by atoms with E-state index >= 15 is 0 Å². The van der Waals surface area contributed by atoms with E-state index in [0.29, 0.717) is 23.6 Å². The molecule has 1 heterocycles. The number of hydrogen-bond donors (Lipinski definition) is 0. The predicted octanol–water partition coefficient (Wildman–Crippen LogP) is 5.33. The zero-order valence-corrected chi connectivity index (χ0v) is 21.3. The molecule has 0 unspecified atom stereocenters. The molecule has 0 spiro atoms. The van der Waals surface area contributed by atoms with Crippen molar-refractivity contribution in [2.45, 2.75) is 52.7 Å². The van der Waals surface area contributed by atoms with Gasteiger partial charge in [0.2, 0.25) is 11.7 Å². The average molecular weight is 489 g/mol. The largest absolute Gasteiger partial charge is 0.472 e. The Balaban J connectivity index is 2.04. The van der Waals surface area contributed by atoms with Crippen molar-refractivity contribution in [1.82, 2.24) is 9.78 Å². The fourth-order valence-corrected chi connectivity index (χ4v) is 5.41. The third-order valence-electron chi connectivity index (χ3n) is 5.31. The maximum Gasteiger partial charge on any atom is 0.223 e. The molecule has 0 aliphatic carbocycles. The van der Waals surface area contributed by atoms with E-state index in [-0.39, 0.29) is 39.4 Å².